The van der Waals surface area contributed by atoms with Gasteiger partial charge in [-0.1, -0.05) is 32.9 Å². The number of rotatable bonds is 9. The van der Waals surface area contributed by atoms with Crippen molar-refractivity contribution in [2.24, 2.45) is 5.41 Å². The third-order valence-electron chi connectivity index (χ3n) is 4.70. The second-order valence-electron chi connectivity index (χ2n) is 8.17. The molecule has 0 saturated carbocycles. The summed E-state index contributed by atoms with van der Waals surface area (Å²) in [5.41, 5.74) is 0.468. The van der Waals surface area contributed by atoms with Crippen molar-refractivity contribution >= 4 is 35.0 Å². The number of nitrogens with one attached hydrogen (secondary N) is 2. The van der Waals surface area contributed by atoms with Crippen molar-refractivity contribution in [2.45, 2.75) is 37.8 Å². The molecule has 2 aromatic carbocycles. The number of Topliss-reactive ketones (excluding diaryl/α,β-unsaturated/α-hetero) is 1. The fourth-order valence-electron chi connectivity index (χ4n) is 2.68. The minimum Gasteiger partial charge on any atom is -0.493 e. The van der Waals surface area contributed by atoms with Crippen molar-refractivity contribution < 1.29 is 23.9 Å². The molecule has 0 bridgehead atoms. The predicted molar refractivity (Wildman–Crippen MR) is 127 cm³/mol. The number of amides is 2. The highest BCUT2D eigenvalue weighted by molar-refractivity contribution is 8.00. The normalized spacial score (nSPS) is 11.9. The number of carbonyl (C=O) groups excluding carboxylic acids is 3. The molecule has 0 spiro atoms. The van der Waals surface area contributed by atoms with Crippen molar-refractivity contribution in [3.63, 3.8) is 0 Å². The molecule has 32 heavy (non-hydrogen) atoms. The quantitative estimate of drug-likeness (QED) is 0.548. The molecule has 2 amide bonds. The lowest BCUT2D eigenvalue weighted by Crippen LogP contribution is -2.35. The maximum atomic E-state index is 12.7. The van der Waals surface area contributed by atoms with Crippen molar-refractivity contribution in [3.05, 3.63) is 48.0 Å². The molecule has 172 valence electrons. The Labute approximate surface area is 193 Å². The van der Waals surface area contributed by atoms with Crippen LogP contribution in [0.4, 0.5) is 5.69 Å². The van der Waals surface area contributed by atoms with Gasteiger partial charge in [-0.25, -0.2) is 0 Å². The molecule has 2 rings (SSSR count). The first kappa shape index (κ1) is 25.3. The average molecular weight is 459 g/mol. The van der Waals surface area contributed by atoms with E-state index in [0.717, 1.165) is 0 Å². The van der Waals surface area contributed by atoms with Crippen LogP contribution in [0.2, 0.25) is 0 Å². The highest BCUT2D eigenvalue weighted by Gasteiger charge is 2.23. The number of hydrogen-bond acceptors (Lipinski definition) is 6. The molecule has 0 unspecified atom stereocenters. The Hall–Kier alpha value is -3.00. The van der Waals surface area contributed by atoms with Gasteiger partial charge in [-0.3, -0.25) is 14.4 Å². The van der Waals surface area contributed by atoms with Crippen LogP contribution in [-0.4, -0.2) is 43.6 Å². The molecule has 1 atom stereocenters. The smallest absolute Gasteiger partial charge is 0.252 e. The van der Waals surface area contributed by atoms with Crippen LogP contribution in [0.5, 0.6) is 11.5 Å². The van der Waals surface area contributed by atoms with Crippen LogP contribution in [0, 0.1) is 5.41 Å². The van der Waals surface area contributed by atoms with Crippen LogP contribution in [0.1, 0.15) is 38.1 Å². The summed E-state index contributed by atoms with van der Waals surface area (Å²) in [4.78, 5) is 38.2. The summed E-state index contributed by atoms with van der Waals surface area (Å²) in [7, 11) is 3.07. The Morgan fingerprint density at radius 1 is 1.00 bits per heavy atom. The van der Waals surface area contributed by atoms with Crippen LogP contribution in [0.3, 0.4) is 0 Å². The number of methoxy groups -OCH3 is 2. The molecule has 2 aromatic rings. The van der Waals surface area contributed by atoms with Gasteiger partial charge in [0.25, 0.3) is 5.91 Å². The molecule has 0 aromatic heterocycles. The van der Waals surface area contributed by atoms with Gasteiger partial charge < -0.3 is 20.1 Å². The summed E-state index contributed by atoms with van der Waals surface area (Å²) in [5.74, 6) is 0.451. The van der Waals surface area contributed by atoms with Crippen LogP contribution in [0.25, 0.3) is 0 Å². The lowest BCUT2D eigenvalue weighted by molar-refractivity contribution is -0.125. The number of ether oxygens (including phenoxy) is 2. The first-order chi connectivity index (χ1) is 15.1. The van der Waals surface area contributed by atoms with E-state index in [1.165, 1.54) is 18.9 Å². The van der Waals surface area contributed by atoms with Crippen LogP contribution in [0.15, 0.2) is 47.4 Å². The summed E-state index contributed by atoms with van der Waals surface area (Å²) >= 11 is 1.27. The first-order valence-corrected chi connectivity index (χ1v) is 11.0. The molecular weight excluding hydrogens is 428 g/mol. The molecule has 8 heteroatoms. The van der Waals surface area contributed by atoms with E-state index in [1.807, 2.05) is 20.8 Å². The Kier molecular flexibility index (Phi) is 8.72. The van der Waals surface area contributed by atoms with Crippen molar-refractivity contribution in [2.75, 3.05) is 26.1 Å². The second-order valence-corrected chi connectivity index (χ2v) is 9.55. The van der Waals surface area contributed by atoms with Crippen molar-refractivity contribution in [1.82, 2.24) is 5.32 Å². The molecular formula is C24H30N2O5S. The van der Waals surface area contributed by atoms with Gasteiger partial charge in [-0.2, -0.15) is 0 Å². The number of thioether (sulfide) groups is 1. The first-order valence-electron chi connectivity index (χ1n) is 10.2. The highest BCUT2D eigenvalue weighted by Crippen LogP contribution is 2.31. The Morgan fingerprint density at radius 3 is 2.28 bits per heavy atom. The number of hydrogen-bond donors (Lipinski definition) is 2. The number of benzene rings is 2. The lowest BCUT2D eigenvalue weighted by atomic mass is 9.91. The van der Waals surface area contributed by atoms with Crippen molar-refractivity contribution in [3.8, 4) is 11.5 Å². The SMILES string of the molecule is COc1ccc(NC(=O)[C@@H](C)Sc2ccccc2C(=O)NCC(=O)C(C)(C)C)cc1OC. The molecule has 2 N–H and O–H groups in total. The minimum atomic E-state index is -0.529. The summed E-state index contributed by atoms with van der Waals surface area (Å²) in [6, 6.07) is 12.1. The molecule has 0 aliphatic heterocycles. The van der Waals surface area contributed by atoms with E-state index in [4.69, 9.17) is 9.47 Å². The van der Waals surface area contributed by atoms with Crippen LogP contribution >= 0.6 is 11.8 Å². The van der Waals surface area contributed by atoms with E-state index in [1.54, 1.807) is 56.5 Å². The van der Waals surface area contributed by atoms with E-state index in [9.17, 15) is 14.4 Å². The van der Waals surface area contributed by atoms with E-state index in [2.05, 4.69) is 10.6 Å². The summed E-state index contributed by atoms with van der Waals surface area (Å²) in [6.45, 7) is 7.15. The van der Waals surface area contributed by atoms with Gasteiger partial charge in [0.1, 0.15) is 0 Å². The zero-order chi connectivity index (χ0) is 23.9. The standard InChI is InChI=1S/C24H30N2O5S/c1-15(22(28)26-16-11-12-18(30-5)19(13-16)31-6)32-20-10-8-7-9-17(20)23(29)25-14-21(27)24(2,3)4/h7-13,15H,14H2,1-6H3,(H,25,29)(H,26,28)/t15-/m1/s1. The Morgan fingerprint density at radius 2 is 1.66 bits per heavy atom. The van der Waals surface area contributed by atoms with Gasteiger partial charge in [0.2, 0.25) is 5.91 Å². The van der Waals surface area contributed by atoms with Gasteiger partial charge in [0, 0.05) is 22.1 Å². The van der Waals surface area contributed by atoms with Crippen LogP contribution in [-0.2, 0) is 9.59 Å². The maximum absolute atomic E-state index is 12.7. The van der Waals surface area contributed by atoms with Crippen molar-refractivity contribution in [1.29, 1.82) is 0 Å². The average Bonchev–Trinajstić information content (AvgIpc) is 2.76. The van der Waals surface area contributed by atoms with Gasteiger partial charge in [0.15, 0.2) is 17.3 Å². The van der Waals surface area contributed by atoms with Crippen LogP contribution < -0.4 is 20.1 Å². The highest BCUT2D eigenvalue weighted by atomic mass is 32.2. The fraction of sp³-hybridized carbons (Fsp3) is 0.375. The maximum Gasteiger partial charge on any atom is 0.252 e. The molecule has 0 saturated heterocycles. The van der Waals surface area contributed by atoms with E-state index < -0.39 is 10.7 Å². The van der Waals surface area contributed by atoms with Gasteiger partial charge in [-0.05, 0) is 31.2 Å². The topological polar surface area (TPSA) is 93.7 Å². The molecule has 0 aliphatic rings. The number of anilines is 1. The summed E-state index contributed by atoms with van der Waals surface area (Å²) < 4.78 is 10.5. The van der Waals surface area contributed by atoms with Gasteiger partial charge >= 0.3 is 0 Å². The summed E-state index contributed by atoms with van der Waals surface area (Å²) in [5, 5.41) is 5.06. The minimum absolute atomic E-state index is 0.0450. The third-order valence-corrected chi connectivity index (χ3v) is 5.88. The monoisotopic (exact) mass is 458 g/mol. The number of carbonyl (C=O) groups is 3. The molecule has 0 radical (unpaired) electrons. The Bertz CT molecular complexity index is 985. The third kappa shape index (κ3) is 6.75. The van der Waals surface area contributed by atoms with Gasteiger partial charge in [-0.15, -0.1) is 11.8 Å². The second kappa shape index (κ2) is 11.0. The molecule has 0 heterocycles. The molecule has 7 nitrogen and oxygen atoms in total. The van der Waals surface area contributed by atoms with E-state index >= 15 is 0 Å². The molecule has 0 aliphatic carbocycles. The predicted octanol–water partition coefficient (Wildman–Crippen LogP) is 4.17. The van der Waals surface area contributed by atoms with E-state index in [-0.39, 0.29) is 24.1 Å². The molecule has 0 fully saturated rings. The lowest BCUT2D eigenvalue weighted by Gasteiger charge is -2.18. The van der Waals surface area contributed by atoms with Gasteiger partial charge in [0.05, 0.1) is 31.6 Å². The van der Waals surface area contributed by atoms with E-state index in [0.29, 0.717) is 27.6 Å². The number of ketones is 1. The zero-order valence-electron chi connectivity index (χ0n) is 19.3. The Balaban J connectivity index is 2.07. The fourth-order valence-corrected chi connectivity index (χ4v) is 3.67. The largest absolute Gasteiger partial charge is 0.493 e. The summed E-state index contributed by atoms with van der Waals surface area (Å²) in [6.07, 6.45) is 0. The zero-order valence-corrected chi connectivity index (χ0v) is 20.1.